The number of para-hydroxylation sites is 2. The maximum atomic E-state index is 12.2. The number of aromatic nitrogens is 2. The van der Waals surface area contributed by atoms with Crippen LogP contribution in [0.4, 0.5) is 11.4 Å². The van der Waals surface area contributed by atoms with Crippen molar-refractivity contribution in [3.05, 3.63) is 127 Å². The predicted octanol–water partition coefficient (Wildman–Crippen LogP) is 6.67. The molecule has 0 bridgehead atoms. The largest absolute Gasteiger partial charge is 0.505 e. The molecule has 4 amide bonds. The van der Waals surface area contributed by atoms with Gasteiger partial charge in [0.25, 0.3) is 5.91 Å². The number of hydrazine groups is 1. The predicted molar refractivity (Wildman–Crippen MR) is 210 cm³/mol. The van der Waals surface area contributed by atoms with Crippen molar-refractivity contribution >= 4 is 35.5 Å². The number of carbonyl (C=O) groups is 4. The van der Waals surface area contributed by atoms with Gasteiger partial charge in [0.05, 0.1) is 18.1 Å². The summed E-state index contributed by atoms with van der Waals surface area (Å²) in [7, 11) is 0. The lowest BCUT2D eigenvalue weighted by atomic mass is 10.0. The first-order valence-corrected chi connectivity index (χ1v) is 17.7. The number of unbranched alkanes of at least 4 members (excludes halogenated alkanes) is 3. The maximum Gasteiger partial charge on any atom is 0.274 e. The summed E-state index contributed by atoms with van der Waals surface area (Å²) in [4.78, 5) is 54.2. The number of amides is 4. The average Bonchev–Trinajstić information content (AvgIpc) is 3.24. The third-order valence-corrected chi connectivity index (χ3v) is 7.92. The standard InChI is InChI=1S/C17H26N2O3.C13H12N2O.C11H9N3O3/c1-2-10-17(21)19(15-11-6-5-7-12-15)14-9-4-3-8-13-16(20)18-22;16-10-14-15-13-9-5-4-8-12(13)11-6-2-1-3-7-11;15-9-5-12-10(13-6-9)7-1-3-8(4-2-7)11(16)14-17/h5-7,11-12,22H,2-4,8-10,13-14H2,1H3,(H,18,20);1-10,15H,(H,14,16);1-6,15,17H,(H,14,16). The molecule has 5 rings (SSSR count). The van der Waals surface area contributed by atoms with Crippen LogP contribution in [0.25, 0.3) is 22.5 Å². The van der Waals surface area contributed by atoms with Crippen molar-refractivity contribution in [3.63, 3.8) is 0 Å². The molecule has 1 aromatic heterocycles. The Bertz CT molecular complexity index is 1880. The Labute approximate surface area is 320 Å². The van der Waals surface area contributed by atoms with Crippen LogP contribution in [0, 0.1) is 0 Å². The second-order valence-corrected chi connectivity index (χ2v) is 11.9. The molecule has 55 heavy (non-hydrogen) atoms. The Morgan fingerprint density at radius 2 is 1.33 bits per heavy atom. The molecule has 0 saturated heterocycles. The van der Waals surface area contributed by atoms with Crippen LogP contribution in [0.1, 0.15) is 62.2 Å². The topological polar surface area (TPSA) is 206 Å². The van der Waals surface area contributed by atoms with Gasteiger partial charge in [-0.05, 0) is 55.2 Å². The minimum atomic E-state index is -0.580. The van der Waals surface area contributed by atoms with Crippen LogP contribution >= 0.6 is 0 Å². The lowest BCUT2D eigenvalue weighted by Crippen LogP contribution is -2.31. The van der Waals surface area contributed by atoms with Crippen LogP contribution in [0.2, 0.25) is 0 Å². The number of hydrogen-bond donors (Lipinski definition) is 7. The Morgan fingerprint density at radius 3 is 1.95 bits per heavy atom. The monoisotopic (exact) mass is 749 g/mol. The smallest absolute Gasteiger partial charge is 0.274 e. The summed E-state index contributed by atoms with van der Waals surface area (Å²) in [5.41, 5.74) is 13.5. The Hall–Kier alpha value is -6.64. The van der Waals surface area contributed by atoms with E-state index in [-0.39, 0.29) is 17.6 Å². The molecule has 0 fully saturated rings. The number of hydrogen-bond acceptors (Lipinski definition) is 10. The van der Waals surface area contributed by atoms with Gasteiger partial charge in [-0.25, -0.2) is 20.9 Å². The third kappa shape index (κ3) is 15.1. The molecule has 0 atom stereocenters. The van der Waals surface area contributed by atoms with E-state index in [2.05, 4.69) is 20.8 Å². The van der Waals surface area contributed by atoms with E-state index in [4.69, 9.17) is 15.5 Å². The van der Waals surface area contributed by atoms with Gasteiger partial charge in [-0.3, -0.25) is 40.4 Å². The molecule has 0 radical (unpaired) electrons. The van der Waals surface area contributed by atoms with Gasteiger partial charge in [0.1, 0.15) is 0 Å². The fraction of sp³-hybridized carbons (Fsp3) is 0.220. The second-order valence-electron chi connectivity index (χ2n) is 11.9. The third-order valence-electron chi connectivity index (χ3n) is 7.92. The van der Waals surface area contributed by atoms with E-state index in [1.165, 1.54) is 24.5 Å². The van der Waals surface area contributed by atoms with E-state index < -0.39 is 5.91 Å². The van der Waals surface area contributed by atoms with Gasteiger partial charge in [-0.1, -0.05) is 98.6 Å². The molecule has 0 aliphatic heterocycles. The Kier molecular flexibility index (Phi) is 19.1. The van der Waals surface area contributed by atoms with E-state index in [1.54, 1.807) is 23.1 Å². The van der Waals surface area contributed by atoms with E-state index in [0.717, 1.165) is 54.6 Å². The van der Waals surface area contributed by atoms with Crippen molar-refractivity contribution < 1.29 is 34.7 Å². The highest BCUT2D eigenvalue weighted by atomic mass is 16.5. The molecule has 14 nitrogen and oxygen atoms in total. The fourth-order valence-corrected chi connectivity index (χ4v) is 5.19. The highest BCUT2D eigenvalue weighted by Crippen LogP contribution is 2.26. The highest BCUT2D eigenvalue weighted by molar-refractivity contribution is 5.94. The summed E-state index contributed by atoms with van der Waals surface area (Å²) in [6.07, 6.45) is 8.47. The number of hydroxylamine groups is 2. The summed E-state index contributed by atoms with van der Waals surface area (Å²) in [5.74, 6) is -0.329. The minimum Gasteiger partial charge on any atom is -0.505 e. The van der Waals surface area contributed by atoms with E-state index in [0.29, 0.717) is 42.7 Å². The number of benzene rings is 4. The normalized spacial score (nSPS) is 9.95. The van der Waals surface area contributed by atoms with Gasteiger partial charge in [-0.15, -0.1) is 0 Å². The number of nitrogens with zero attached hydrogens (tertiary/aromatic N) is 3. The summed E-state index contributed by atoms with van der Waals surface area (Å²) in [6, 6.07) is 33.9. The van der Waals surface area contributed by atoms with Gasteiger partial charge in [0.15, 0.2) is 11.6 Å². The van der Waals surface area contributed by atoms with Crippen LogP contribution in [0.15, 0.2) is 122 Å². The zero-order valence-corrected chi connectivity index (χ0v) is 30.6. The molecule has 7 N–H and O–H groups in total. The molecule has 0 unspecified atom stereocenters. The van der Waals surface area contributed by atoms with Crippen LogP contribution < -0.4 is 26.7 Å². The van der Waals surface area contributed by atoms with Gasteiger partial charge in [0.2, 0.25) is 18.2 Å². The minimum absolute atomic E-state index is 0.00923. The Balaban J connectivity index is 0.000000225. The molecule has 4 aromatic carbocycles. The van der Waals surface area contributed by atoms with Gasteiger partial charge in [0, 0.05) is 41.8 Å². The van der Waals surface area contributed by atoms with E-state index in [1.807, 2.05) is 96.8 Å². The SMILES string of the molecule is CCCC(=O)N(CCCCCCC(=O)NO)c1ccccc1.O=C(NO)c1ccc(-c2ncc(O)cn2)cc1.O=CNNc1ccccc1-c1ccccc1. The van der Waals surface area contributed by atoms with E-state index in [9.17, 15) is 19.2 Å². The zero-order chi connectivity index (χ0) is 39.7. The van der Waals surface area contributed by atoms with Crippen molar-refractivity contribution in [3.8, 4) is 28.3 Å². The first-order chi connectivity index (χ1) is 26.8. The lowest BCUT2D eigenvalue weighted by Gasteiger charge is -2.22. The summed E-state index contributed by atoms with van der Waals surface area (Å²) >= 11 is 0. The number of anilines is 2. The summed E-state index contributed by atoms with van der Waals surface area (Å²) < 4.78 is 0. The molecule has 0 spiro atoms. The second kappa shape index (κ2) is 24.6. The van der Waals surface area contributed by atoms with Crippen molar-refractivity contribution in [1.29, 1.82) is 0 Å². The molecular formula is C41H47N7O7. The van der Waals surface area contributed by atoms with Crippen LogP contribution in [-0.2, 0) is 14.4 Å². The van der Waals surface area contributed by atoms with E-state index >= 15 is 0 Å². The average molecular weight is 750 g/mol. The van der Waals surface area contributed by atoms with Crippen molar-refractivity contribution in [2.75, 3.05) is 16.9 Å². The first-order valence-electron chi connectivity index (χ1n) is 17.7. The Morgan fingerprint density at radius 1 is 0.709 bits per heavy atom. The van der Waals surface area contributed by atoms with Crippen LogP contribution in [0.5, 0.6) is 5.75 Å². The zero-order valence-electron chi connectivity index (χ0n) is 30.6. The van der Waals surface area contributed by atoms with Gasteiger partial charge < -0.3 is 10.0 Å². The molecule has 0 aliphatic rings. The maximum absolute atomic E-state index is 12.2. The molecular weight excluding hydrogens is 702 g/mol. The molecule has 1 heterocycles. The summed E-state index contributed by atoms with van der Waals surface area (Å²) in [5, 5.41) is 25.9. The quantitative estimate of drug-likeness (QED) is 0.0247. The number of nitrogens with one attached hydrogen (secondary N) is 4. The molecule has 0 aliphatic carbocycles. The van der Waals surface area contributed by atoms with Crippen molar-refractivity contribution in [2.45, 2.75) is 51.9 Å². The molecule has 14 heteroatoms. The number of carbonyl (C=O) groups excluding carboxylic acids is 4. The number of rotatable bonds is 16. The molecule has 0 saturated carbocycles. The number of aromatic hydroxyl groups is 1. The fourth-order valence-electron chi connectivity index (χ4n) is 5.19. The van der Waals surface area contributed by atoms with Crippen LogP contribution in [-0.4, -0.2) is 56.2 Å². The van der Waals surface area contributed by atoms with Crippen molar-refractivity contribution in [1.82, 2.24) is 26.4 Å². The van der Waals surface area contributed by atoms with Gasteiger partial charge in [-0.2, -0.15) is 0 Å². The van der Waals surface area contributed by atoms with Crippen molar-refractivity contribution in [2.24, 2.45) is 0 Å². The first kappa shape index (κ1) is 42.8. The van der Waals surface area contributed by atoms with Gasteiger partial charge >= 0.3 is 0 Å². The van der Waals surface area contributed by atoms with Crippen LogP contribution in [0.3, 0.4) is 0 Å². The lowest BCUT2D eigenvalue weighted by molar-refractivity contribution is -0.129. The highest BCUT2D eigenvalue weighted by Gasteiger charge is 2.14. The molecule has 5 aromatic rings. The molecule has 288 valence electrons. The summed E-state index contributed by atoms with van der Waals surface area (Å²) in [6.45, 7) is 2.71.